The third-order valence-corrected chi connectivity index (χ3v) is 3.79. The Hall–Kier alpha value is -2.02. The van der Waals surface area contributed by atoms with Gasteiger partial charge in [0, 0.05) is 6.42 Å². The van der Waals surface area contributed by atoms with Gasteiger partial charge in [0.2, 0.25) is 0 Å². The van der Waals surface area contributed by atoms with Crippen molar-refractivity contribution < 1.29 is 32.2 Å². The van der Waals surface area contributed by atoms with Crippen LogP contribution in [0.25, 0.3) is 5.76 Å². The van der Waals surface area contributed by atoms with Crippen LogP contribution in [-0.4, -0.2) is 37.9 Å². The van der Waals surface area contributed by atoms with Crippen molar-refractivity contribution in [1.82, 2.24) is 0 Å². The fourth-order valence-corrected chi connectivity index (χ4v) is 2.83. The van der Waals surface area contributed by atoms with Gasteiger partial charge in [0.05, 0.1) is 31.5 Å². The number of carbonyl (C=O) groups excluding carboxylic acids is 1. The molecule has 3 rings (SSSR count). The molecule has 1 saturated heterocycles. The summed E-state index contributed by atoms with van der Waals surface area (Å²) in [6, 6.07) is 6.52. The van der Waals surface area contributed by atoms with E-state index in [2.05, 4.69) is 0 Å². The van der Waals surface area contributed by atoms with Crippen molar-refractivity contribution in [2.45, 2.75) is 18.2 Å². The highest BCUT2D eigenvalue weighted by atomic mass is 19.4. The van der Waals surface area contributed by atoms with Gasteiger partial charge in [-0.1, -0.05) is 12.1 Å². The molecule has 2 heterocycles. The van der Waals surface area contributed by atoms with E-state index in [1.165, 1.54) is 7.11 Å². The Morgan fingerprint density at radius 3 is 2.64 bits per heavy atom. The van der Waals surface area contributed by atoms with Crippen LogP contribution in [0.3, 0.4) is 0 Å². The molecule has 0 N–H and O–H groups in total. The predicted octanol–water partition coefficient (Wildman–Crippen LogP) is 2.73. The quantitative estimate of drug-likeness (QED) is 0.842. The standard InChI is InChI=1S/C15H13F3O4/c1-20-12-9-4-2-3-5-10(9)22-14(6-7-21-8-14)11(12)13(19)15(16,17)18/h2-5H,6-8H2,1H3. The number of fused-ring (bicyclic) bond motifs is 1. The lowest BCUT2D eigenvalue weighted by Crippen LogP contribution is -2.47. The summed E-state index contributed by atoms with van der Waals surface area (Å²) in [6.45, 7) is 0.0964. The van der Waals surface area contributed by atoms with Crippen LogP contribution in [0.1, 0.15) is 12.0 Å². The number of methoxy groups -OCH3 is 1. The number of benzene rings is 1. The fraction of sp³-hybridized carbons (Fsp3) is 0.400. The largest absolute Gasteiger partial charge is 0.495 e. The lowest BCUT2D eigenvalue weighted by molar-refractivity contribution is -0.168. The minimum Gasteiger partial charge on any atom is -0.495 e. The Kier molecular flexibility index (Phi) is 3.40. The Labute approximate surface area is 124 Å². The zero-order valence-electron chi connectivity index (χ0n) is 11.7. The van der Waals surface area contributed by atoms with Gasteiger partial charge in [-0.05, 0) is 12.1 Å². The smallest absolute Gasteiger partial charge is 0.454 e. The second-order valence-corrected chi connectivity index (χ2v) is 5.13. The highest BCUT2D eigenvalue weighted by molar-refractivity contribution is 6.07. The number of carbonyl (C=O) groups is 1. The first-order valence-corrected chi connectivity index (χ1v) is 6.65. The van der Waals surface area contributed by atoms with Crippen LogP contribution in [0.4, 0.5) is 13.2 Å². The highest BCUT2D eigenvalue weighted by Crippen LogP contribution is 2.46. The van der Waals surface area contributed by atoms with E-state index < -0.39 is 23.1 Å². The van der Waals surface area contributed by atoms with Crippen LogP contribution in [0.15, 0.2) is 29.8 Å². The Morgan fingerprint density at radius 2 is 2.05 bits per heavy atom. The highest BCUT2D eigenvalue weighted by Gasteiger charge is 2.56. The molecule has 1 spiro atoms. The summed E-state index contributed by atoms with van der Waals surface area (Å²) < 4.78 is 55.2. The minimum absolute atomic E-state index is 0.102. The lowest BCUT2D eigenvalue weighted by Gasteiger charge is -2.37. The molecule has 0 aromatic heterocycles. The summed E-state index contributed by atoms with van der Waals surface area (Å²) in [6.07, 6.45) is -4.85. The van der Waals surface area contributed by atoms with Gasteiger partial charge in [-0.25, -0.2) is 0 Å². The number of hydrogen-bond donors (Lipinski definition) is 0. The number of rotatable bonds is 2. The summed E-state index contributed by atoms with van der Waals surface area (Å²) in [5, 5.41) is 0. The number of ether oxygens (including phenoxy) is 3. The predicted molar refractivity (Wildman–Crippen MR) is 70.2 cm³/mol. The number of para-hydroxylation sites is 1. The van der Waals surface area contributed by atoms with E-state index in [-0.39, 0.29) is 25.4 Å². The number of Topliss-reactive ketones (excluding diaryl/α,β-unsaturated/α-hetero) is 1. The van der Waals surface area contributed by atoms with Gasteiger partial charge in [0.25, 0.3) is 5.78 Å². The maximum absolute atomic E-state index is 13.0. The van der Waals surface area contributed by atoms with Crippen LogP contribution < -0.4 is 4.74 Å². The maximum Gasteiger partial charge on any atom is 0.454 e. The van der Waals surface area contributed by atoms with Gasteiger partial charge in [-0.15, -0.1) is 0 Å². The molecule has 0 bridgehead atoms. The van der Waals surface area contributed by atoms with E-state index in [4.69, 9.17) is 14.2 Å². The van der Waals surface area contributed by atoms with Crippen molar-refractivity contribution in [1.29, 1.82) is 0 Å². The molecule has 1 fully saturated rings. The second kappa shape index (κ2) is 5.01. The Balaban J connectivity index is 2.25. The van der Waals surface area contributed by atoms with Gasteiger partial charge < -0.3 is 14.2 Å². The molecule has 2 aliphatic rings. The number of alkyl halides is 3. The van der Waals surface area contributed by atoms with Crippen molar-refractivity contribution in [3.63, 3.8) is 0 Å². The Bertz CT molecular complexity index is 642. The average Bonchev–Trinajstić information content (AvgIpc) is 2.92. The second-order valence-electron chi connectivity index (χ2n) is 5.13. The molecule has 1 unspecified atom stereocenters. The van der Waals surface area contributed by atoms with Crippen LogP contribution in [0.5, 0.6) is 5.75 Å². The van der Waals surface area contributed by atoms with Crippen molar-refractivity contribution in [3.05, 3.63) is 35.4 Å². The van der Waals surface area contributed by atoms with Crippen molar-refractivity contribution >= 4 is 11.5 Å². The molecule has 0 aliphatic carbocycles. The summed E-state index contributed by atoms with van der Waals surface area (Å²) in [5.74, 6) is -1.68. The normalized spacial score (nSPS) is 24.2. The van der Waals surface area contributed by atoms with Crippen molar-refractivity contribution in [2.24, 2.45) is 0 Å². The van der Waals surface area contributed by atoms with Gasteiger partial charge >= 0.3 is 6.18 Å². The molecule has 1 aromatic rings. The number of ketones is 1. The van der Waals surface area contributed by atoms with Gasteiger partial charge in [0.15, 0.2) is 5.60 Å². The molecule has 0 radical (unpaired) electrons. The first-order chi connectivity index (χ1) is 10.4. The van der Waals surface area contributed by atoms with Crippen LogP contribution in [-0.2, 0) is 14.3 Å². The van der Waals surface area contributed by atoms with Crippen molar-refractivity contribution in [3.8, 4) is 5.75 Å². The molecule has 1 aromatic carbocycles. The SMILES string of the molecule is COC1=C(C(=O)C(F)(F)F)C2(CCOC2)Oc2ccccc21. The molecule has 0 saturated carbocycles. The molecule has 22 heavy (non-hydrogen) atoms. The van der Waals surface area contributed by atoms with E-state index in [0.29, 0.717) is 11.3 Å². The molecule has 2 aliphatic heterocycles. The van der Waals surface area contributed by atoms with E-state index >= 15 is 0 Å². The van der Waals surface area contributed by atoms with Gasteiger partial charge in [-0.2, -0.15) is 13.2 Å². The molecule has 7 heteroatoms. The minimum atomic E-state index is -5.01. The van der Waals surface area contributed by atoms with Crippen LogP contribution >= 0.6 is 0 Å². The molecule has 118 valence electrons. The maximum atomic E-state index is 13.0. The van der Waals surface area contributed by atoms with Gasteiger partial charge in [0.1, 0.15) is 11.5 Å². The Morgan fingerprint density at radius 1 is 1.32 bits per heavy atom. The summed E-state index contributed by atoms with van der Waals surface area (Å²) in [4.78, 5) is 12.0. The molecular formula is C15H13F3O4. The number of halogens is 3. The topological polar surface area (TPSA) is 44.8 Å². The van der Waals surface area contributed by atoms with Crippen LogP contribution in [0, 0.1) is 0 Å². The lowest BCUT2D eigenvalue weighted by atomic mass is 9.84. The summed E-state index contributed by atoms with van der Waals surface area (Å²) >= 11 is 0. The van der Waals surface area contributed by atoms with Gasteiger partial charge in [-0.3, -0.25) is 4.79 Å². The van der Waals surface area contributed by atoms with E-state index in [1.807, 2.05) is 0 Å². The molecule has 1 atom stereocenters. The summed E-state index contributed by atoms with van der Waals surface area (Å²) in [5.41, 5.74) is -1.64. The first-order valence-electron chi connectivity index (χ1n) is 6.65. The fourth-order valence-electron chi connectivity index (χ4n) is 2.83. The van der Waals surface area contributed by atoms with Crippen LogP contribution in [0.2, 0.25) is 0 Å². The van der Waals surface area contributed by atoms with E-state index in [1.54, 1.807) is 24.3 Å². The molecule has 0 amide bonds. The third kappa shape index (κ3) is 2.16. The average molecular weight is 314 g/mol. The zero-order valence-corrected chi connectivity index (χ0v) is 11.7. The van der Waals surface area contributed by atoms with Crippen molar-refractivity contribution in [2.75, 3.05) is 20.3 Å². The first kappa shape index (κ1) is 14.9. The zero-order chi connectivity index (χ0) is 16.0. The van der Waals surface area contributed by atoms with E-state index in [0.717, 1.165) is 0 Å². The summed E-state index contributed by atoms with van der Waals surface area (Å²) in [7, 11) is 1.24. The number of hydrogen-bond acceptors (Lipinski definition) is 4. The third-order valence-electron chi connectivity index (χ3n) is 3.79. The van der Waals surface area contributed by atoms with E-state index in [9.17, 15) is 18.0 Å². The molecular weight excluding hydrogens is 301 g/mol. The molecule has 4 nitrogen and oxygen atoms in total. The monoisotopic (exact) mass is 314 g/mol.